The number of carbonyl (C=O) groups is 1. The third kappa shape index (κ3) is 3.52. The summed E-state index contributed by atoms with van der Waals surface area (Å²) in [7, 11) is -2.41. The van der Waals surface area contributed by atoms with Gasteiger partial charge in [-0.15, -0.1) is 0 Å². The Hall–Kier alpha value is -2.77. The molecule has 4 rings (SSSR count). The van der Waals surface area contributed by atoms with Gasteiger partial charge in [-0.2, -0.15) is 0 Å². The SMILES string of the molecule is COc1ccc2c(c1)SC(C(=O)c1ccc(C)cc1)N(c1ccccc1)S2(=O)=O. The predicted octanol–water partition coefficient (Wildman–Crippen LogP) is 4.51. The molecule has 5 nitrogen and oxygen atoms in total. The summed E-state index contributed by atoms with van der Waals surface area (Å²) < 4.78 is 33.5. The van der Waals surface area contributed by atoms with Crippen molar-refractivity contribution in [3.05, 3.63) is 83.9 Å². The Morgan fingerprint density at radius 1 is 1.00 bits per heavy atom. The first-order valence-electron chi connectivity index (χ1n) is 8.97. The summed E-state index contributed by atoms with van der Waals surface area (Å²) in [6, 6.07) is 20.7. The molecule has 148 valence electrons. The molecule has 0 aliphatic carbocycles. The zero-order valence-corrected chi connectivity index (χ0v) is 17.5. The Kier molecular flexibility index (Phi) is 5.10. The third-order valence-corrected chi connectivity index (χ3v) is 8.06. The van der Waals surface area contributed by atoms with Crippen LogP contribution in [0, 0.1) is 6.92 Å². The molecule has 7 heteroatoms. The Morgan fingerprint density at radius 2 is 1.69 bits per heavy atom. The number of Topliss-reactive ketones (excluding diaryl/α,β-unsaturated/α-hetero) is 1. The minimum Gasteiger partial charge on any atom is -0.497 e. The predicted molar refractivity (Wildman–Crippen MR) is 114 cm³/mol. The highest BCUT2D eigenvalue weighted by Crippen LogP contribution is 2.44. The van der Waals surface area contributed by atoms with Crippen LogP contribution in [-0.2, 0) is 10.0 Å². The van der Waals surface area contributed by atoms with Gasteiger partial charge in [-0.1, -0.05) is 59.8 Å². The summed E-state index contributed by atoms with van der Waals surface area (Å²) in [6.07, 6.45) is 0. The van der Waals surface area contributed by atoms with Crippen LogP contribution in [0.25, 0.3) is 0 Å². The van der Waals surface area contributed by atoms with Crippen LogP contribution in [0.3, 0.4) is 0 Å². The fourth-order valence-corrected chi connectivity index (χ4v) is 6.70. The van der Waals surface area contributed by atoms with Crippen molar-refractivity contribution >= 4 is 33.3 Å². The van der Waals surface area contributed by atoms with E-state index in [1.165, 1.54) is 29.2 Å². The summed E-state index contributed by atoms with van der Waals surface area (Å²) in [6.45, 7) is 1.94. The number of nitrogens with zero attached hydrogens (tertiary/aromatic N) is 1. The topological polar surface area (TPSA) is 63.7 Å². The molecule has 0 saturated heterocycles. The number of hydrogen-bond acceptors (Lipinski definition) is 5. The molecule has 0 bridgehead atoms. The zero-order valence-electron chi connectivity index (χ0n) is 15.9. The Labute approximate surface area is 174 Å². The van der Waals surface area contributed by atoms with E-state index < -0.39 is 15.4 Å². The second-order valence-corrected chi connectivity index (χ2v) is 9.55. The van der Waals surface area contributed by atoms with Gasteiger partial charge in [0.05, 0.1) is 12.8 Å². The number of ether oxygens (including phenoxy) is 1. The van der Waals surface area contributed by atoms with E-state index in [2.05, 4.69) is 0 Å². The highest BCUT2D eigenvalue weighted by Gasteiger charge is 2.43. The molecule has 1 aliphatic heterocycles. The van der Waals surface area contributed by atoms with Crippen molar-refractivity contribution < 1.29 is 17.9 Å². The molecule has 1 heterocycles. The fourth-order valence-electron chi connectivity index (χ4n) is 3.19. The number of thioether (sulfide) groups is 1. The van der Waals surface area contributed by atoms with Gasteiger partial charge in [0.2, 0.25) is 0 Å². The molecule has 3 aromatic rings. The average Bonchev–Trinajstić information content (AvgIpc) is 2.73. The molecule has 29 heavy (non-hydrogen) atoms. The number of carbonyl (C=O) groups excluding carboxylic acids is 1. The van der Waals surface area contributed by atoms with Gasteiger partial charge in [0, 0.05) is 10.5 Å². The van der Waals surface area contributed by atoms with Crippen molar-refractivity contribution in [3.63, 3.8) is 0 Å². The number of hydrogen-bond donors (Lipinski definition) is 0. The van der Waals surface area contributed by atoms with Crippen LogP contribution in [0.5, 0.6) is 5.75 Å². The van der Waals surface area contributed by atoms with Crippen LogP contribution in [-0.4, -0.2) is 26.7 Å². The smallest absolute Gasteiger partial charge is 0.266 e. The van der Waals surface area contributed by atoms with Gasteiger partial charge in [0.15, 0.2) is 11.2 Å². The van der Waals surface area contributed by atoms with Gasteiger partial charge in [-0.25, -0.2) is 12.7 Å². The average molecular weight is 426 g/mol. The minimum absolute atomic E-state index is 0.167. The van der Waals surface area contributed by atoms with Crippen LogP contribution < -0.4 is 9.04 Å². The maximum atomic E-state index is 13.5. The number of sulfonamides is 1. The van der Waals surface area contributed by atoms with Crippen LogP contribution >= 0.6 is 11.8 Å². The number of benzene rings is 3. The van der Waals surface area contributed by atoms with Crippen molar-refractivity contribution in [3.8, 4) is 5.75 Å². The highest BCUT2D eigenvalue weighted by atomic mass is 32.2. The molecule has 1 unspecified atom stereocenters. The second-order valence-electron chi connectivity index (χ2n) is 6.65. The first-order valence-corrected chi connectivity index (χ1v) is 11.3. The standard InChI is InChI=1S/C22H19NO4S2/c1-15-8-10-16(11-9-15)21(24)22-23(17-6-4-3-5-7-17)29(25,26)20-13-12-18(27-2)14-19(20)28-22/h3-14,22H,1-2H3. The van der Waals surface area contributed by atoms with E-state index in [0.29, 0.717) is 21.9 Å². The van der Waals surface area contributed by atoms with Gasteiger partial charge in [0.1, 0.15) is 10.6 Å². The molecule has 0 spiro atoms. The van der Waals surface area contributed by atoms with Gasteiger partial charge in [-0.3, -0.25) is 4.79 Å². The van der Waals surface area contributed by atoms with Gasteiger partial charge in [-0.05, 0) is 37.3 Å². The molecule has 0 N–H and O–H groups in total. The van der Waals surface area contributed by atoms with Crippen LogP contribution in [0.4, 0.5) is 5.69 Å². The number of fused-ring (bicyclic) bond motifs is 1. The first-order chi connectivity index (χ1) is 13.9. The van der Waals surface area contributed by atoms with Gasteiger partial charge in [0.25, 0.3) is 10.0 Å². The number of para-hydroxylation sites is 1. The van der Waals surface area contributed by atoms with Crippen LogP contribution in [0.1, 0.15) is 15.9 Å². The first kappa shape index (κ1) is 19.5. The largest absolute Gasteiger partial charge is 0.497 e. The van der Waals surface area contributed by atoms with Crippen molar-refractivity contribution in [1.82, 2.24) is 0 Å². The van der Waals surface area contributed by atoms with Crippen molar-refractivity contribution in [2.45, 2.75) is 22.1 Å². The molecule has 1 aliphatic rings. The maximum Gasteiger partial charge on any atom is 0.266 e. The highest BCUT2D eigenvalue weighted by molar-refractivity contribution is 8.04. The number of methoxy groups -OCH3 is 1. The summed E-state index contributed by atoms with van der Waals surface area (Å²) in [5.74, 6) is 0.275. The number of anilines is 1. The summed E-state index contributed by atoms with van der Waals surface area (Å²) in [4.78, 5) is 14.1. The summed E-state index contributed by atoms with van der Waals surface area (Å²) >= 11 is 1.22. The van der Waals surface area contributed by atoms with Crippen molar-refractivity contribution in [1.29, 1.82) is 0 Å². The van der Waals surface area contributed by atoms with Crippen LogP contribution in [0.15, 0.2) is 82.6 Å². The number of aryl methyl sites for hydroxylation is 1. The summed E-state index contributed by atoms with van der Waals surface area (Å²) in [5.41, 5.74) is 1.95. The van der Waals surface area contributed by atoms with E-state index in [1.54, 1.807) is 48.5 Å². The maximum absolute atomic E-state index is 13.5. The molecule has 0 fully saturated rings. The van der Waals surface area contributed by atoms with Crippen molar-refractivity contribution in [2.75, 3.05) is 11.4 Å². The lowest BCUT2D eigenvalue weighted by Crippen LogP contribution is -2.46. The molecule has 0 amide bonds. The zero-order chi connectivity index (χ0) is 20.6. The Bertz CT molecular complexity index is 1160. The molecule has 1 atom stereocenters. The van der Waals surface area contributed by atoms with E-state index in [-0.39, 0.29) is 10.7 Å². The lowest BCUT2D eigenvalue weighted by atomic mass is 10.1. The van der Waals surface area contributed by atoms with Crippen molar-refractivity contribution in [2.24, 2.45) is 0 Å². The fraction of sp³-hybridized carbons (Fsp3) is 0.136. The van der Waals surface area contributed by atoms with E-state index >= 15 is 0 Å². The monoisotopic (exact) mass is 425 g/mol. The number of rotatable bonds is 4. The van der Waals surface area contributed by atoms with E-state index in [1.807, 2.05) is 25.1 Å². The molecular weight excluding hydrogens is 406 g/mol. The Morgan fingerprint density at radius 3 is 2.34 bits per heavy atom. The molecule has 0 radical (unpaired) electrons. The van der Waals surface area contributed by atoms with Gasteiger partial charge >= 0.3 is 0 Å². The van der Waals surface area contributed by atoms with E-state index in [4.69, 9.17) is 4.74 Å². The second kappa shape index (κ2) is 7.57. The lowest BCUT2D eigenvalue weighted by Gasteiger charge is -2.36. The van der Waals surface area contributed by atoms with Gasteiger partial charge < -0.3 is 4.74 Å². The Balaban J connectivity index is 1.88. The van der Waals surface area contributed by atoms with E-state index in [0.717, 1.165) is 5.56 Å². The molecular formula is C22H19NO4S2. The summed E-state index contributed by atoms with van der Waals surface area (Å²) in [5, 5.41) is -0.954. The molecule has 0 aromatic heterocycles. The van der Waals surface area contributed by atoms with E-state index in [9.17, 15) is 13.2 Å². The quantitative estimate of drug-likeness (QED) is 0.576. The molecule has 0 saturated carbocycles. The molecule has 3 aromatic carbocycles. The lowest BCUT2D eigenvalue weighted by molar-refractivity contribution is 0.0991. The minimum atomic E-state index is -3.94. The number of ketones is 1. The normalized spacial score (nSPS) is 17.4. The van der Waals surface area contributed by atoms with Crippen LogP contribution in [0.2, 0.25) is 0 Å². The third-order valence-electron chi connectivity index (χ3n) is 4.71.